The number of aliphatic hydroxyl groups is 1. The Bertz CT molecular complexity index is 830. The highest BCUT2D eigenvalue weighted by molar-refractivity contribution is 5.76. The van der Waals surface area contributed by atoms with Crippen molar-refractivity contribution in [1.29, 1.82) is 0 Å². The summed E-state index contributed by atoms with van der Waals surface area (Å²) in [6.07, 6.45) is 9.22. The predicted molar refractivity (Wildman–Crippen MR) is 101 cm³/mol. The monoisotopic (exact) mass is 386 g/mol. The Kier molecular flexibility index (Phi) is 4.15. The molecule has 2 fully saturated rings. The number of nitrogens with one attached hydrogen (secondary N) is 2. The molecule has 9 nitrogen and oxygen atoms in total. The van der Waals surface area contributed by atoms with Crippen LogP contribution in [-0.2, 0) is 4.74 Å². The number of amides is 1. The van der Waals surface area contributed by atoms with Crippen molar-refractivity contribution in [1.82, 2.24) is 25.4 Å². The quantitative estimate of drug-likeness (QED) is 0.701. The van der Waals surface area contributed by atoms with Gasteiger partial charge in [0.2, 0.25) is 0 Å². The van der Waals surface area contributed by atoms with Crippen molar-refractivity contribution in [3.63, 3.8) is 0 Å². The third-order valence-electron chi connectivity index (χ3n) is 6.45. The van der Waals surface area contributed by atoms with Crippen LogP contribution in [0, 0.1) is 5.92 Å². The van der Waals surface area contributed by atoms with Gasteiger partial charge in [0.15, 0.2) is 5.82 Å². The summed E-state index contributed by atoms with van der Waals surface area (Å²) in [5.74, 6) is 2.31. The van der Waals surface area contributed by atoms with Crippen molar-refractivity contribution in [2.75, 3.05) is 6.54 Å². The maximum atomic E-state index is 12.1. The van der Waals surface area contributed by atoms with E-state index in [0.717, 1.165) is 43.8 Å². The molecular formula is C19H26N6O3. The molecule has 9 heteroatoms. The Balaban J connectivity index is 1.29. The van der Waals surface area contributed by atoms with Gasteiger partial charge < -0.3 is 20.5 Å². The minimum atomic E-state index is -0.718. The summed E-state index contributed by atoms with van der Waals surface area (Å²) >= 11 is 0. The van der Waals surface area contributed by atoms with Gasteiger partial charge in [-0.25, -0.2) is 4.79 Å². The van der Waals surface area contributed by atoms with Gasteiger partial charge in [-0.1, -0.05) is 13.3 Å². The first-order chi connectivity index (χ1) is 13.6. The number of nitrogens with zero attached hydrogens (tertiary/aromatic N) is 4. The van der Waals surface area contributed by atoms with E-state index in [1.807, 2.05) is 6.20 Å². The summed E-state index contributed by atoms with van der Waals surface area (Å²) in [5, 5.41) is 24.6. The number of aliphatic imine (C=N–C) groups is 1. The molecule has 0 saturated heterocycles. The van der Waals surface area contributed by atoms with Crippen LogP contribution in [0.1, 0.15) is 62.6 Å². The molecule has 150 valence electrons. The maximum Gasteiger partial charge on any atom is 0.407 e. The number of carbonyl (C=O) groups is 1. The van der Waals surface area contributed by atoms with Gasteiger partial charge in [-0.2, -0.15) is 0 Å². The van der Waals surface area contributed by atoms with Gasteiger partial charge in [-0.15, -0.1) is 10.2 Å². The van der Waals surface area contributed by atoms with Gasteiger partial charge in [0.05, 0.1) is 17.9 Å². The molecule has 0 spiro atoms. The fourth-order valence-corrected chi connectivity index (χ4v) is 4.61. The maximum absolute atomic E-state index is 12.1. The van der Waals surface area contributed by atoms with Gasteiger partial charge in [0.25, 0.3) is 0 Å². The Hall–Kier alpha value is -2.42. The fraction of sp³-hybridized carbons (Fsp3) is 0.684. The lowest BCUT2D eigenvalue weighted by molar-refractivity contribution is 0.0879. The van der Waals surface area contributed by atoms with Gasteiger partial charge in [-0.05, 0) is 43.9 Å². The van der Waals surface area contributed by atoms with E-state index >= 15 is 0 Å². The Labute approximate surface area is 163 Å². The molecule has 1 aromatic rings. The highest BCUT2D eigenvalue weighted by Crippen LogP contribution is 2.44. The SMILES string of the molecule is CC[C@@H]1C[C@H](OC(=O)NCC2(O)CC2)C[C@@H]1c1nnc2n1C1C=CNC1N=C2. The summed E-state index contributed by atoms with van der Waals surface area (Å²) in [6, 6.07) is 0.0880. The van der Waals surface area contributed by atoms with E-state index in [-0.39, 0.29) is 30.8 Å². The molecule has 3 N–H and O–H groups in total. The van der Waals surface area contributed by atoms with E-state index in [0.29, 0.717) is 5.92 Å². The van der Waals surface area contributed by atoms with Gasteiger partial charge in [0, 0.05) is 12.5 Å². The van der Waals surface area contributed by atoms with Crippen LogP contribution in [0.25, 0.3) is 0 Å². The third kappa shape index (κ3) is 3.07. The van der Waals surface area contributed by atoms with Gasteiger partial charge in [0.1, 0.15) is 18.1 Å². The van der Waals surface area contributed by atoms with E-state index in [1.54, 1.807) is 6.21 Å². The van der Waals surface area contributed by atoms with Crippen molar-refractivity contribution in [3.8, 4) is 0 Å². The molecule has 1 aromatic heterocycles. The summed E-state index contributed by atoms with van der Waals surface area (Å²) in [7, 11) is 0. The summed E-state index contributed by atoms with van der Waals surface area (Å²) in [6.45, 7) is 2.43. The van der Waals surface area contributed by atoms with Crippen molar-refractivity contribution in [2.45, 2.75) is 68.9 Å². The second-order valence-corrected chi connectivity index (χ2v) is 8.38. The largest absolute Gasteiger partial charge is 0.446 e. The third-order valence-corrected chi connectivity index (χ3v) is 6.45. The number of fused-ring (bicyclic) bond motifs is 3. The minimum absolute atomic E-state index is 0.00483. The lowest BCUT2D eigenvalue weighted by Gasteiger charge is -2.26. The highest BCUT2D eigenvalue weighted by Gasteiger charge is 2.43. The summed E-state index contributed by atoms with van der Waals surface area (Å²) < 4.78 is 7.83. The van der Waals surface area contributed by atoms with E-state index in [2.05, 4.69) is 43.4 Å². The zero-order valence-electron chi connectivity index (χ0n) is 15.9. The van der Waals surface area contributed by atoms with Crippen LogP contribution in [-0.4, -0.2) is 56.6 Å². The lowest BCUT2D eigenvalue weighted by atomic mass is 9.92. The smallest absolute Gasteiger partial charge is 0.407 e. The average molecular weight is 386 g/mol. The van der Waals surface area contributed by atoms with Crippen LogP contribution >= 0.6 is 0 Å². The van der Waals surface area contributed by atoms with Gasteiger partial charge >= 0.3 is 6.09 Å². The lowest BCUT2D eigenvalue weighted by Crippen LogP contribution is -2.35. The number of ether oxygens (including phenoxy) is 1. The molecule has 4 aliphatic rings. The van der Waals surface area contributed by atoms with Crippen molar-refractivity contribution in [2.24, 2.45) is 10.9 Å². The molecule has 2 saturated carbocycles. The molecule has 3 heterocycles. The van der Waals surface area contributed by atoms with Crippen LogP contribution in [0.4, 0.5) is 4.79 Å². The number of hydrogen-bond donors (Lipinski definition) is 3. The van der Waals surface area contributed by atoms with Crippen molar-refractivity contribution < 1.29 is 14.6 Å². The topological polar surface area (TPSA) is 114 Å². The molecule has 5 atom stereocenters. The predicted octanol–water partition coefficient (Wildman–Crippen LogP) is 1.22. The number of hydrogen-bond acceptors (Lipinski definition) is 7. The molecule has 2 unspecified atom stereocenters. The minimum Gasteiger partial charge on any atom is -0.446 e. The van der Waals surface area contributed by atoms with Crippen LogP contribution in [0.15, 0.2) is 17.3 Å². The Morgan fingerprint density at radius 3 is 3.07 bits per heavy atom. The fourth-order valence-electron chi connectivity index (χ4n) is 4.61. The van der Waals surface area contributed by atoms with Crippen molar-refractivity contribution >= 4 is 12.3 Å². The first-order valence-corrected chi connectivity index (χ1v) is 10.1. The van der Waals surface area contributed by atoms with E-state index in [4.69, 9.17) is 4.74 Å². The zero-order chi connectivity index (χ0) is 19.3. The highest BCUT2D eigenvalue weighted by atomic mass is 16.6. The molecule has 5 rings (SSSR count). The van der Waals surface area contributed by atoms with Crippen LogP contribution in [0.3, 0.4) is 0 Å². The average Bonchev–Trinajstić information content (AvgIpc) is 3.10. The molecule has 0 radical (unpaired) electrons. The van der Waals surface area contributed by atoms with Crippen LogP contribution in [0.5, 0.6) is 0 Å². The number of carbonyl (C=O) groups excluding carboxylic acids is 1. The second-order valence-electron chi connectivity index (χ2n) is 8.38. The summed E-state index contributed by atoms with van der Waals surface area (Å²) in [5.41, 5.74) is -0.718. The van der Waals surface area contributed by atoms with Crippen LogP contribution in [0.2, 0.25) is 0 Å². The Morgan fingerprint density at radius 1 is 1.43 bits per heavy atom. The number of alkyl carbamates (subject to hydrolysis) is 1. The molecule has 2 aliphatic carbocycles. The summed E-state index contributed by atoms with van der Waals surface area (Å²) in [4.78, 5) is 16.6. The van der Waals surface area contributed by atoms with E-state index < -0.39 is 11.7 Å². The number of aromatic nitrogens is 3. The first-order valence-electron chi connectivity index (χ1n) is 10.1. The standard InChI is InChI=1S/C19H26N6O3/c1-2-11-7-12(28-18(26)22-10-19(27)4-5-19)8-13(11)17-24-23-15-9-21-16-14(25(15)17)3-6-20-16/h3,6,9,11-14,16,20,27H,2,4-5,7-8,10H2,1H3,(H,22,26)/t11-,12+,13+,14?,16?/m1/s1. The normalized spacial score (nSPS) is 33.9. The second kappa shape index (κ2) is 6.58. The molecular weight excluding hydrogens is 360 g/mol. The molecule has 0 aromatic carbocycles. The molecule has 1 amide bonds. The molecule has 2 aliphatic heterocycles. The molecule has 0 bridgehead atoms. The Morgan fingerprint density at radius 2 is 2.29 bits per heavy atom. The van der Waals surface area contributed by atoms with Crippen molar-refractivity contribution in [3.05, 3.63) is 23.9 Å². The first kappa shape index (κ1) is 17.7. The zero-order valence-corrected chi connectivity index (χ0v) is 15.9. The van der Waals surface area contributed by atoms with Crippen LogP contribution < -0.4 is 10.6 Å². The number of rotatable bonds is 5. The molecule has 28 heavy (non-hydrogen) atoms. The van der Waals surface area contributed by atoms with E-state index in [9.17, 15) is 9.90 Å². The van der Waals surface area contributed by atoms with E-state index in [1.165, 1.54) is 0 Å². The van der Waals surface area contributed by atoms with Gasteiger partial charge in [-0.3, -0.25) is 9.56 Å².